The molecule has 1 aromatic carbocycles. The Morgan fingerprint density at radius 1 is 1.35 bits per heavy atom. The van der Waals surface area contributed by atoms with Crippen LogP contribution in [-0.2, 0) is 6.18 Å². The van der Waals surface area contributed by atoms with E-state index >= 15 is 0 Å². The van der Waals surface area contributed by atoms with E-state index in [-0.39, 0.29) is 5.56 Å². The van der Waals surface area contributed by atoms with Gasteiger partial charge < -0.3 is 5.11 Å². The fraction of sp³-hybridized carbons (Fsp3) is 0.462. The summed E-state index contributed by atoms with van der Waals surface area (Å²) < 4.78 is 38.4. The normalized spacial score (nSPS) is 13.9. The largest absolute Gasteiger partial charge is 0.417 e. The number of rotatable bonds is 4. The highest BCUT2D eigenvalue weighted by Crippen LogP contribution is 2.33. The SMILES string of the molecule is C[Si](C)(C)CNC(O)c1ccc(C#N)c(C(F)(F)F)c1. The molecule has 2 N–H and O–H groups in total. The van der Waals surface area contributed by atoms with Crippen molar-refractivity contribution in [2.75, 3.05) is 6.17 Å². The summed E-state index contributed by atoms with van der Waals surface area (Å²) in [6, 6.07) is 4.74. The predicted octanol–water partition coefficient (Wildman–Crippen LogP) is 3.03. The standard InChI is InChI=1S/C13H17F3N2OSi/c1-20(2,3)8-18-12(19)9-4-5-10(7-17)11(6-9)13(14,15)16/h4-6,12,18-19H,8H2,1-3H3. The number of nitriles is 1. The Hall–Kier alpha value is -1.36. The number of aliphatic hydroxyl groups is 1. The van der Waals surface area contributed by atoms with Crippen LogP contribution in [0.25, 0.3) is 0 Å². The van der Waals surface area contributed by atoms with E-state index in [1.54, 1.807) is 0 Å². The Morgan fingerprint density at radius 3 is 2.40 bits per heavy atom. The van der Waals surface area contributed by atoms with Gasteiger partial charge in [0.25, 0.3) is 0 Å². The first-order valence-corrected chi connectivity index (χ1v) is 9.78. The maximum atomic E-state index is 12.8. The molecule has 0 aliphatic heterocycles. The first-order chi connectivity index (χ1) is 9.04. The highest BCUT2D eigenvalue weighted by atomic mass is 28.3. The molecule has 0 aliphatic rings. The lowest BCUT2D eigenvalue weighted by Crippen LogP contribution is -2.38. The molecule has 0 aliphatic carbocycles. The van der Waals surface area contributed by atoms with Gasteiger partial charge in [0.1, 0.15) is 6.23 Å². The highest BCUT2D eigenvalue weighted by molar-refractivity contribution is 6.76. The van der Waals surface area contributed by atoms with Crippen LogP contribution in [0.2, 0.25) is 19.6 Å². The second-order valence-corrected chi connectivity index (χ2v) is 11.2. The van der Waals surface area contributed by atoms with Gasteiger partial charge in [0, 0.05) is 0 Å². The Bertz CT molecular complexity index is 518. The van der Waals surface area contributed by atoms with E-state index in [2.05, 4.69) is 25.0 Å². The molecule has 1 aromatic rings. The van der Waals surface area contributed by atoms with Crippen LogP contribution in [-0.4, -0.2) is 19.3 Å². The Balaban J connectivity index is 3.01. The van der Waals surface area contributed by atoms with Gasteiger partial charge in [-0.25, -0.2) is 0 Å². The van der Waals surface area contributed by atoms with E-state index in [4.69, 9.17) is 5.26 Å². The highest BCUT2D eigenvalue weighted by Gasteiger charge is 2.34. The van der Waals surface area contributed by atoms with Crippen molar-refractivity contribution in [1.29, 1.82) is 5.26 Å². The van der Waals surface area contributed by atoms with Crippen LogP contribution in [0.5, 0.6) is 0 Å². The van der Waals surface area contributed by atoms with Gasteiger partial charge in [-0.3, -0.25) is 5.32 Å². The molecule has 7 heteroatoms. The fourth-order valence-corrected chi connectivity index (χ4v) is 2.39. The minimum Gasteiger partial charge on any atom is -0.374 e. The predicted molar refractivity (Wildman–Crippen MR) is 72.5 cm³/mol. The second kappa shape index (κ2) is 5.95. The summed E-state index contributed by atoms with van der Waals surface area (Å²) in [4.78, 5) is 0. The molecular formula is C13H17F3N2OSi. The van der Waals surface area contributed by atoms with Crippen LogP contribution >= 0.6 is 0 Å². The molecule has 0 radical (unpaired) electrons. The second-order valence-electron chi connectivity index (χ2n) is 5.76. The third-order valence-electron chi connectivity index (χ3n) is 2.61. The molecule has 0 amide bonds. The fourth-order valence-electron chi connectivity index (χ4n) is 1.58. The van der Waals surface area contributed by atoms with E-state index in [0.29, 0.717) is 6.17 Å². The number of benzene rings is 1. The van der Waals surface area contributed by atoms with Crippen LogP contribution < -0.4 is 5.32 Å². The zero-order chi connectivity index (χ0) is 15.6. The molecule has 110 valence electrons. The van der Waals surface area contributed by atoms with E-state index < -0.39 is 31.6 Å². The van der Waals surface area contributed by atoms with Crippen molar-refractivity contribution in [3.63, 3.8) is 0 Å². The summed E-state index contributed by atoms with van der Waals surface area (Å²) in [5.41, 5.74) is -1.36. The Morgan fingerprint density at radius 2 is 1.95 bits per heavy atom. The van der Waals surface area contributed by atoms with Crippen LogP contribution in [0.4, 0.5) is 13.2 Å². The maximum absolute atomic E-state index is 12.8. The third kappa shape index (κ3) is 4.63. The van der Waals surface area contributed by atoms with Crippen molar-refractivity contribution in [3.05, 3.63) is 34.9 Å². The van der Waals surface area contributed by atoms with Gasteiger partial charge in [-0.1, -0.05) is 25.7 Å². The Labute approximate surface area is 117 Å². The summed E-state index contributed by atoms with van der Waals surface area (Å²) in [6.07, 6.45) is -5.20. The number of hydrogen-bond donors (Lipinski definition) is 2. The van der Waals surface area contributed by atoms with Crippen molar-refractivity contribution < 1.29 is 18.3 Å². The van der Waals surface area contributed by atoms with Crippen molar-refractivity contribution in [1.82, 2.24) is 5.32 Å². The molecule has 0 saturated carbocycles. The molecule has 0 bridgehead atoms. The van der Waals surface area contributed by atoms with Gasteiger partial charge in [-0.05, 0) is 23.9 Å². The number of halogens is 3. The van der Waals surface area contributed by atoms with Crippen LogP contribution in [0.1, 0.15) is 22.9 Å². The van der Waals surface area contributed by atoms with Crippen molar-refractivity contribution >= 4 is 8.07 Å². The molecule has 0 aromatic heterocycles. The van der Waals surface area contributed by atoms with Gasteiger partial charge >= 0.3 is 6.18 Å². The van der Waals surface area contributed by atoms with Crippen molar-refractivity contribution in [2.45, 2.75) is 32.0 Å². The average Bonchev–Trinajstić information content (AvgIpc) is 2.33. The third-order valence-corrected chi connectivity index (χ3v) is 3.88. The lowest BCUT2D eigenvalue weighted by atomic mass is 10.0. The zero-order valence-electron chi connectivity index (χ0n) is 11.5. The summed E-state index contributed by atoms with van der Waals surface area (Å²) in [5, 5.41) is 21.4. The molecular weight excluding hydrogens is 285 g/mol. The van der Waals surface area contributed by atoms with Gasteiger partial charge in [0.05, 0.1) is 25.3 Å². The molecule has 0 heterocycles. The van der Waals surface area contributed by atoms with E-state index in [0.717, 1.165) is 12.1 Å². The zero-order valence-corrected chi connectivity index (χ0v) is 12.5. The maximum Gasteiger partial charge on any atom is 0.417 e. The number of aliphatic hydroxyl groups excluding tert-OH is 1. The molecule has 3 nitrogen and oxygen atoms in total. The van der Waals surface area contributed by atoms with E-state index in [1.807, 2.05) is 0 Å². The van der Waals surface area contributed by atoms with Crippen LogP contribution in [0, 0.1) is 11.3 Å². The van der Waals surface area contributed by atoms with Crippen molar-refractivity contribution in [3.8, 4) is 6.07 Å². The number of alkyl halides is 3. The summed E-state index contributed by atoms with van der Waals surface area (Å²) in [7, 11) is -1.47. The number of hydrogen-bond acceptors (Lipinski definition) is 3. The topological polar surface area (TPSA) is 56.0 Å². The van der Waals surface area contributed by atoms with Crippen molar-refractivity contribution in [2.24, 2.45) is 0 Å². The quantitative estimate of drug-likeness (QED) is 0.664. The van der Waals surface area contributed by atoms with Gasteiger partial charge in [-0.2, -0.15) is 18.4 Å². The summed E-state index contributed by atoms with van der Waals surface area (Å²) in [5.74, 6) is 0. The average molecular weight is 302 g/mol. The molecule has 1 rings (SSSR count). The monoisotopic (exact) mass is 302 g/mol. The van der Waals surface area contributed by atoms with E-state index in [9.17, 15) is 18.3 Å². The number of nitrogens with zero attached hydrogens (tertiary/aromatic N) is 1. The molecule has 0 fully saturated rings. The summed E-state index contributed by atoms with van der Waals surface area (Å²) >= 11 is 0. The minimum absolute atomic E-state index is 0.106. The first kappa shape index (κ1) is 16.7. The molecule has 20 heavy (non-hydrogen) atoms. The minimum atomic E-state index is -4.61. The molecule has 0 spiro atoms. The molecule has 1 atom stereocenters. The van der Waals surface area contributed by atoms with Gasteiger partial charge in [0.2, 0.25) is 0 Å². The van der Waals surface area contributed by atoms with Gasteiger partial charge in [0.15, 0.2) is 0 Å². The lowest BCUT2D eigenvalue weighted by Gasteiger charge is -2.21. The summed E-state index contributed by atoms with van der Waals surface area (Å²) in [6.45, 7) is 6.23. The van der Waals surface area contributed by atoms with Gasteiger partial charge in [-0.15, -0.1) is 0 Å². The first-order valence-electron chi connectivity index (χ1n) is 6.07. The smallest absolute Gasteiger partial charge is 0.374 e. The lowest BCUT2D eigenvalue weighted by molar-refractivity contribution is -0.137. The van der Waals surface area contributed by atoms with Crippen LogP contribution in [0.15, 0.2) is 18.2 Å². The van der Waals surface area contributed by atoms with Crippen LogP contribution in [0.3, 0.4) is 0 Å². The number of nitrogens with one attached hydrogen (secondary N) is 1. The molecule has 1 unspecified atom stereocenters. The van der Waals surface area contributed by atoms with E-state index in [1.165, 1.54) is 12.1 Å². The Kier molecular flexibility index (Phi) is 4.97. The molecule has 0 saturated heterocycles.